The van der Waals surface area contributed by atoms with Crippen molar-refractivity contribution in [1.82, 2.24) is 0 Å². The van der Waals surface area contributed by atoms with E-state index in [1.54, 1.807) is 12.1 Å². The topological polar surface area (TPSA) is 97.7 Å². The van der Waals surface area contributed by atoms with Crippen LogP contribution in [0.3, 0.4) is 0 Å². The molecule has 0 aliphatic heterocycles. The lowest BCUT2D eigenvalue weighted by Gasteiger charge is -2.44. The van der Waals surface area contributed by atoms with Crippen LogP contribution in [0.5, 0.6) is 0 Å². The van der Waals surface area contributed by atoms with Gasteiger partial charge in [-0.25, -0.2) is 4.79 Å². The first-order valence-electron chi connectivity index (χ1n) is 8.04. The molecule has 25 heavy (non-hydrogen) atoms. The van der Waals surface area contributed by atoms with Crippen LogP contribution in [0.2, 0.25) is 0 Å². The summed E-state index contributed by atoms with van der Waals surface area (Å²) in [5.41, 5.74) is -0.652. The Balaban J connectivity index is 2.56. The maximum atomic E-state index is 12.5. The van der Waals surface area contributed by atoms with E-state index < -0.39 is 29.3 Å². The van der Waals surface area contributed by atoms with Gasteiger partial charge in [0.1, 0.15) is 17.3 Å². The van der Waals surface area contributed by atoms with Gasteiger partial charge in [-0.2, -0.15) is 0 Å². The Labute approximate surface area is 146 Å². The summed E-state index contributed by atoms with van der Waals surface area (Å²) in [5, 5.41) is 10.7. The highest BCUT2D eigenvalue weighted by Crippen LogP contribution is 2.46. The average molecular weight is 346 g/mol. The molecule has 0 spiro atoms. The Hall–Kier alpha value is -2.34. The molecule has 2 rings (SSSR count). The number of benzene rings is 1. The molecule has 0 radical (unpaired) electrons. The molecular formula is C19H22O6. The third-order valence-electron chi connectivity index (χ3n) is 4.86. The second-order valence-corrected chi connectivity index (χ2v) is 6.82. The Morgan fingerprint density at radius 3 is 2.12 bits per heavy atom. The smallest absolute Gasteiger partial charge is 0.337 e. The predicted molar refractivity (Wildman–Crippen MR) is 89.1 cm³/mol. The summed E-state index contributed by atoms with van der Waals surface area (Å²) in [6.07, 6.45) is -0.238. The van der Waals surface area contributed by atoms with Gasteiger partial charge in [0.2, 0.25) is 0 Å². The van der Waals surface area contributed by atoms with Gasteiger partial charge in [0.05, 0.1) is 30.1 Å². The fraction of sp³-hybridized carbons (Fsp3) is 0.474. The van der Waals surface area contributed by atoms with Crippen molar-refractivity contribution in [2.45, 2.75) is 38.7 Å². The first kappa shape index (κ1) is 19.0. The van der Waals surface area contributed by atoms with Gasteiger partial charge in [-0.1, -0.05) is 12.1 Å². The van der Waals surface area contributed by atoms with Gasteiger partial charge < -0.3 is 9.84 Å². The number of ketones is 3. The molecule has 6 heteroatoms. The van der Waals surface area contributed by atoms with E-state index in [4.69, 9.17) is 0 Å². The van der Waals surface area contributed by atoms with Crippen molar-refractivity contribution in [3.63, 3.8) is 0 Å². The third kappa shape index (κ3) is 3.54. The number of Topliss-reactive ketones (excluding diaryl/α,β-unsaturated/α-hetero) is 3. The number of hydrogen-bond donors (Lipinski definition) is 1. The summed E-state index contributed by atoms with van der Waals surface area (Å²) in [6, 6.07) is 6.22. The number of aliphatic hydroxyl groups is 1. The van der Waals surface area contributed by atoms with Gasteiger partial charge >= 0.3 is 5.97 Å². The molecule has 1 N–H and O–H groups in total. The molecule has 1 aliphatic rings. The third-order valence-corrected chi connectivity index (χ3v) is 4.86. The van der Waals surface area contributed by atoms with Crippen LogP contribution < -0.4 is 0 Å². The number of carbonyl (C=O) groups is 4. The van der Waals surface area contributed by atoms with Gasteiger partial charge in [-0.05, 0) is 38.5 Å². The van der Waals surface area contributed by atoms with Gasteiger partial charge in [-0.15, -0.1) is 0 Å². The molecule has 0 bridgehead atoms. The zero-order valence-corrected chi connectivity index (χ0v) is 14.7. The van der Waals surface area contributed by atoms with Crippen molar-refractivity contribution in [1.29, 1.82) is 0 Å². The van der Waals surface area contributed by atoms with E-state index in [-0.39, 0.29) is 23.8 Å². The minimum atomic E-state index is -1.53. The summed E-state index contributed by atoms with van der Waals surface area (Å²) >= 11 is 0. The molecule has 0 unspecified atom stereocenters. The zero-order valence-electron chi connectivity index (χ0n) is 14.7. The molecule has 0 heterocycles. The number of methoxy groups -OCH3 is 1. The fourth-order valence-corrected chi connectivity index (χ4v) is 3.87. The second kappa shape index (κ2) is 6.88. The summed E-state index contributed by atoms with van der Waals surface area (Å²) in [7, 11) is 1.27. The van der Waals surface area contributed by atoms with Crippen LogP contribution in [0.25, 0.3) is 0 Å². The number of esters is 1. The van der Waals surface area contributed by atoms with Crippen molar-refractivity contribution in [2.75, 3.05) is 7.11 Å². The van der Waals surface area contributed by atoms with Gasteiger partial charge in [0.15, 0.2) is 0 Å². The highest BCUT2D eigenvalue weighted by molar-refractivity contribution is 6.05. The Bertz CT molecular complexity index is 716. The predicted octanol–water partition coefficient (Wildman–Crippen LogP) is 1.69. The molecule has 0 saturated heterocycles. The molecule has 1 fully saturated rings. The monoisotopic (exact) mass is 346 g/mol. The first-order valence-corrected chi connectivity index (χ1v) is 8.04. The van der Waals surface area contributed by atoms with E-state index in [0.29, 0.717) is 11.1 Å². The lowest BCUT2D eigenvalue weighted by molar-refractivity contribution is -0.151. The quantitative estimate of drug-likeness (QED) is 0.658. The molecule has 134 valence electrons. The van der Waals surface area contributed by atoms with Crippen LogP contribution in [0.4, 0.5) is 0 Å². The van der Waals surface area contributed by atoms with Crippen molar-refractivity contribution in [3.8, 4) is 0 Å². The van der Waals surface area contributed by atoms with Crippen molar-refractivity contribution < 1.29 is 29.0 Å². The normalized spacial score (nSPS) is 29.2. The molecule has 0 amide bonds. The fourth-order valence-electron chi connectivity index (χ4n) is 3.87. The van der Waals surface area contributed by atoms with E-state index in [2.05, 4.69) is 4.74 Å². The summed E-state index contributed by atoms with van der Waals surface area (Å²) < 4.78 is 4.65. The molecular weight excluding hydrogens is 324 g/mol. The standard InChI is InChI=1S/C19H22O6/c1-10(20)15-14(22)9-19(3,24)17(11(2)21)16(15)12-5-7-13(8-6-12)18(23)25-4/h5-8,15-17,24H,9H2,1-4H3/t15-,16-,17-,19-/m0/s1. The minimum absolute atomic E-state index is 0.238. The van der Waals surface area contributed by atoms with E-state index in [9.17, 15) is 24.3 Å². The van der Waals surface area contributed by atoms with Crippen molar-refractivity contribution in [2.24, 2.45) is 11.8 Å². The number of hydrogen-bond acceptors (Lipinski definition) is 6. The van der Waals surface area contributed by atoms with Crippen LogP contribution in [-0.2, 0) is 19.1 Å². The van der Waals surface area contributed by atoms with Crippen LogP contribution >= 0.6 is 0 Å². The Kier molecular flexibility index (Phi) is 5.23. The highest BCUT2D eigenvalue weighted by Gasteiger charge is 2.53. The molecule has 4 atom stereocenters. The largest absolute Gasteiger partial charge is 0.465 e. The molecule has 1 aliphatic carbocycles. The van der Waals surface area contributed by atoms with Crippen LogP contribution in [0.15, 0.2) is 24.3 Å². The minimum Gasteiger partial charge on any atom is -0.465 e. The second-order valence-electron chi connectivity index (χ2n) is 6.82. The molecule has 1 aromatic rings. The number of rotatable bonds is 4. The summed E-state index contributed by atoms with van der Waals surface area (Å²) in [6.45, 7) is 4.11. The number of carbonyl (C=O) groups excluding carboxylic acids is 4. The summed E-state index contributed by atoms with van der Waals surface area (Å²) in [5.74, 6) is -4.15. The molecule has 1 saturated carbocycles. The van der Waals surface area contributed by atoms with Gasteiger partial charge in [0.25, 0.3) is 0 Å². The van der Waals surface area contributed by atoms with Crippen molar-refractivity contribution >= 4 is 23.3 Å². The van der Waals surface area contributed by atoms with Gasteiger partial charge in [0, 0.05) is 12.3 Å². The van der Waals surface area contributed by atoms with E-state index in [1.807, 2.05) is 0 Å². The lowest BCUT2D eigenvalue weighted by Crippen LogP contribution is -2.53. The van der Waals surface area contributed by atoms with Crippen LogP contribution in [-0.4, -0.2) is 41.1 Å². The van der Waals surface area contributed by atoms with Crippen LogP contribution in [0, 0.1) is 11.8 Å². The van der Waals surface area contributed by atoms with Crippen LogP contribution in [0.1, 0.15) is 49.0 Å². The maximum Gasteiger partial charge on any atom is 0.337 e. The first-order chi connectivity index (χ1) is 11.6. The SMILES string of the molecule is COC(=O)c1ccc([C@H]2[C@@H](C(C)=O)C(=O)C[C@](C)(O)[C@H]2C(C)=O)cc1. The Morgan fingerprint density at radius 2 is 1.68 bits per heavy atom. The molecule has 6 nitrogen and oxygen atoms in total. The van der Waals surface area contributed by atoms with Crippen molar-refractivity contribution in [3.05, 3.63) is 35.4 Å². The van der Waals surface area contributed by atoms with E-state index in [0.717, 1.165) is 0 Å². The van der Waals surface area contributed by atoms with Gasteiger partial charge in [-0.3, -0.25) is 14.4 Å². The van der Waals surface area contributed by atoms with E-state index in [1.165, 1.54) is 40.0 Å². The maximum absolute atomic E-state index is 12.5. The Morgan fingerprint density at radius 1 is 1.12 bits per heavy atom. The highest BCUT2D eigenvalue weighted by atomic mass is 16.5. The molecule has 0 aromatic heterocycles. The number of ether oxygens (including phenoxy) is 1. The average Bonchev–Trinajstić information content (AvgIpc) is 2.51. The molecule has 1 aromatic carbocycles. The summed E-state index contributed by atoms with van der Waals surface area (Å²) in [4.78, 5) is 48.4. The van der Waals surface area contributed by atoms with E-state index >= 15 is 0 Å². The lowest BCUT2D eigenvalue weighted by atomic mass is 9.60. The zero-order chi connectivity index (χ0) is 18.9.